The molecular weight excluding hydrogens is 300 g/mol. The normalized spacial score (nSPS) is 28.1. The Kier molecular flexibility index (Phi) is 3.32. The molecule has 0 saturated carbocycles. The van der Waals surface area contributed by atoms with Crippen molar-refractivity contribution in [2.45, 2.75) is 32.0 Å². The summed E-state index contributed by atoms with van der Waals surface area (Å²) in [4.78, 5) is 19.4. The fourth-order valence-corrected chi connectivity index (χ4v) is 3.89. The van der Waals surface area contributed by atoms with Gasteiger partial charge in [-0.2, -0.15) is 0 Å². The molecule has 3 atom stereocenters. The average molecular weight is 320 g/mol. The van der Waals surface area contributed by atoms with Crippen molar-refractivity contribution in [1.29, 1.82) is 0 Å². The predicted molar refractivity (Wildman–Crippen MR) is 94.3 cm³/mol. The number of carbonyl (C=O) groups is 1. The molecule has 2 heterocycles. The molecule has 24 heavy (non-hydrogen) atoms. The maximum Gasteiger partial charge on any atom is 0.260 e. The summed E-state index contributed by atoms with van der Waals surface area (Å²) in [6.07, 6.45) is -0.266. The van der Waals surface area contributed by atoms with Gasteiger partial charge in [-0.1, -0.05) is 43.3 Å². The van der Waals surface area contributed by atoms with Crippen LogP contribution in [0.3, 0.4) is 0 Å². The Morgan fingerprint density at radius 3 is 2.50 bits per heavy atom. The van der Waals surface area contributed by atoms with Gasteiger partial charge in [0.2, 0.25) is 0 Å². The SMILES string of the molecule is CC1=NC2(CC1C)c1ccccc1N(C(=O)c1ccccc1)C2O. The lowest BCUT2D eigenvalue weighted by atomic mass is 9.85. The predicted octanol–water partition coefficient (Wildman–Crippen LogP) is 3.36. The van der Waals surface area contributed by atoms with Gasteiger partial charge in [-0.05, 0) is 37.5 Å². The number of aliphatic hydroxyl groups excluding tert-OH is 1. The van der Waals surface area contributed by atoms with E-state index in [1.807, 2.05) is 49.4 Å². The van der Waals surface area contributed by atoms with Crippen LogP contribution in [0.4, 0.5) is 5.69 Å². The molecule has 0 saturated heterocycles. The number of hydrogen-bond acceptors (Lipinski definition) is 3. The lowest BCUT2D eigenvalue weighted by Crippen LogP contribution is -2.46. The Morgan fingerprint density at radius 1 is 1.17 bits per heavy atom. The van der Waals surface area contributed by atoms with Crippen molar-refractivity contribution in [1.82, 2.24) is 0 Å². The second kappa shape index (κ2) is 5.28. The molecule has 0 fully saturated rings. The summed E-state index contributed by atoms with van der Waals surface area (Å²) in [7, 11) is 0. The average Bonchev–Trinajstić information content (AvgIpc) is 3.03. The molecule has 4 rings (SSSR count). The zero-order valence-corrected chi connectivity index (χ0v) is 13.8. The Morgan fingerprint density at radius 2 is 1.83 bits per heavy atom. The number of aliphatic hydroxyl groups is 1. The van der Waals surface area contributed by atoms with Crippen LogP contribution in [0, 0.1) is 5.92 Å². The smallest absolute Gasteiger partial charge is 0.260 e. The van der Waals surface area contributed by atoms with Crippen LogP contribution < -0.4 is 4.90 Å². The number of carbonyl (C=O) groups excluding carboxylic acids is 1. The monoisotopic (exact) mass is 320 g/mol. The minimum absolute atomic E-state index is 0.195. The van der Waals surface area contributed by atoms with Crippen molar-refractivity contribution >= 4 is 17.3 Å². The molecule has 2 aromatic rings. The fourth-order valence-electron chi connectivity index (χ4n) is 3.89. The van der Waals surface area contributed by atoms with Gasteiger partial charge < -0.3 is 5.11 Å². The summed E-state index contributed by atoms with van der Waals surface area (Å²) in [5.74, 6) is 0.0966. The largest absolute Gasteiger partial charge is 0.370 e. The zero-order valence-electron chi connectivity index (χ0n) is 13.8. The van der Waals surface area contributed by atoms with Gasteiger partial charge in [0.05, 0.1) is 5.69 Å². The standard InChI is InChI=1S/C20H20N2O2/c1-13-12-20(21-14(13)2)16-10-6-7-11-17(16)22(19(20)24)18(23)15-8-4-3-5-9-15/h3-11,13,19,24H,12H2,1-2H3. The summed E-state index contributed by atoms with van der Waals surface area (Å²) < 4.78 is 0. The van der Waals surface area contributed by atoms with Crippen LogP contribution in [0.15, 0.2) is 59.6 Å². The molecule has 4 nitrogen and oxygen atoms in total. The van der Waals surface area contributed by atoms with Crippen LogP contribution in [0.5, 0.6) is 0 Å². The first-order valence-corrected chi connectivity index (χ1v) is 8.27. The number of para-hydroxylation sites is 1. The number of benzene rings is 2. The number of fused-ring (bicyclic) bond motifs is 2. The molecule has 2 aliphatic heterocycles. The summed E-state index contributed by atoms with van der Waals surface area (Å²) in [5.41, 5.74) is 2.54. The highest BCUT2D eigenvalue weighted by Crippen LogP contribution is 2.52. The van der Waals surface area contributed by atoms with E-state index in [4.69, 9.17) is 4.99 Å². The third kappa shape index (κ3) is 1.96. The van der Waals surface area contributed by atoms with Gasteiger partial charge in [0.15, 0.2) is 6.23 Å². The maximum atomic E-state index is 13.0. The fraction of sp³-hybridized carbons (Fsp3) is 0.300. The van der Waals surface area contributed by atoms with Crippen LogP contribution >= 0.6 is 0 Å². The molecule has 4 heteroatoms. The molecular formula is C20H20N2O2. The topological polar surface area (TPSA) is 52.9 Å². The van der Waals surface area contributed by atoms with Crippen LogP contribution in [0.2, 0.25) is 0 Å². The van der Waals surface area contributed by atoms with Crippen LogP contribution in [-0.4, -0.2) is 23.0 Å². The molecule has 3 unspecified atom stereocenters. The summed E-state index contributed by atoms with van der Waals surface area (Å²) >= 11 is 0. The van der Waals surface area contributed by atoms with Gasteiger partial charge >= 0.3 is 0 Å². The van der Waals surface area contributed by atoms with E-state index in [-0.39, 0.29) is 5.91 Å². The number of amides is 1. The van der Waals surface area contributed by atoms with Crippen molar-refractivity contribution in [2.24, 2.45) is 10.9 Å². The Balaban J connectivity index is 1.85. The second-order valence-electron chi connectivity index (χ2n) is 6.71. The number of rotatable bonds is 1. The van der Waals surface area contributed by atoms with E-state index in [1.165, 1.54) is 4.90 Å². The molecule has 0 aliphatic carbocycles. The van der Waals surface area contributed by atoms with Gasteiger partial charge in [0.1, 0.15) is 5.54 Å². The highest BCUT2D eigenvalue weighted by Gasteiger charge is 2.55. The van der Waals surface area contributed by atoms with E-state index >= 15 is 0 Å². The molecule has 122 valence electrons. The first-order valence-electron chi connectivity index (χ1n) is 8.27. The van der Waals surface area contributed by atoms with Crippen molar-refractivity contribution in [3.05, 3.63) is 65.7 Å². The molecule has 2 aliphatic rings. The van der Waals surface area contributed by atoms with Gasteiger partial charge in [-0.25, -0.2) is 0 Å². The Bertz CT molecular complexity index is 831. The highest BCUT2D eigenvalue weighted by atomic mass is 16.3. The van der Waals surface area contributed by atoms with Gasteiger partial charge in [-0.15, -0.1) is 0 Å². The van der Waals surface area contributed by atoms with E-state index in [9.17, 15) is 9.90 Å². The number of aliphatic imine (C=N–C) groups is 1. The Labute approximate surface area is 141 Å². The number of nitrogens with zero attached hydrogens (tertiary/aromatic N) is 2. The molecule has 2 aromatic carbocycles. The summed E-state index contributed by atoms with van der Waals surface area (Å²) in [6.45, 7) is 4.11. The van der Waals surface area contributed by atoms with Crippen molar-refractivity contribution < 1.29 is 9.90 Å². The van der Waals surface area contributed by atoms with Crippen LogP contribution in [0.1, 0.15) is 36.2 Å². The van der Waals surface area contributed by atoms with Gasteiger partial charge in [0.25, 0.3) is 5.91 Å². The first-order chi connectivity index (χ1) is 11.5. The Hall–Kier alpha value is -2.46. The van der Waals surface area contributed by atoms with E-state index in [0.717, 1.165) is 23.4 Å². The quantitative estimate of drug-likeness (QED) is 0.876. The van der Waals surface area contributed by atoms with E-state index in [1.54, 1.807) is 12.1 Å². The summed E-state index contributed by atoms with van der Waals surface area (Å²) in [6, 6.07) is 16.8. The third-order valence-electron chi connectivity index (χ3n) is 5.25. The molecule has 1 N–H and O–H groups in total. The van der Waals surface area contributed by atoms with Crippen LogP contribution in [0.25, 0.3) is 0 Å². The number of hydrogen-bond donors (Lipinski definition) is 1. The zero-order chi connectivity index (χ0) is 16.9. The maximum absolute atomic E-state index is 13.0. The minimum atomic E-state index is -0.984. The van der Waals surface area contributed by atoms with E-state index in [2.05, 4.69) is 6.92 Å². The number of anilines is 1. The molecule has 0 bridgehead atoms. The van der Waals surface area contributed by atoms with Crippen LogP contribution in [-0.2, 0) is 5.54 Å². The van der Waals surface area contributed by atoms with Gasteiger partial charge in [0, 0.05) is 16.8 Å². The minimum Gasteiger partial charge on any atom is -0.370 e. The molecule has 0 radical (unpaired) electrons. The lowest BCUT2D eigenvalue weighted by molar-refractivity contribution is 0.0709. The van der Waals surface area contributed by atoms with E-state index < -0.39 is 11.8 Å². The molecule has 0 aromatic heterocycles. The van der Waals surface area contributed by atoms with Crippen molar-refractivity contribution in [3.8, 4) is 0 Å². The third-order valence-corrected chi connectivity index (χ3v) is 5.25. The second-order valence-corrected chi connectivity index (χ2v) is 6.71. The first kappa shape index (κ1) is 15.1. The van der Waals surface area contributed by atoms with Gasteiger partial charge in [-0.3, -0.25) is 14.7 Å². The summed E-state index contributed by atoms with van der Waals surface area (Å²) in [5, 5.41) is 11.1. The van der Waals surface area contributed by atoms with Crippen molar-refractivity contribution in [2.75, 3.05) is 4.90 Å². The molecule has 1 spiro atoms. The van der Waals surface area contributed by atoms with Crippen molar-refractivity contribution in [3.63, 3.8) is 0 Å². The molecule has 1 amide bonds. The van der Waals surface area contributed by atoms with E-state index in [0.29, 0.717) is 11.5 Å². The lowest BCUT2D eigenvalue weighted by Gasteiger charge is -2.29. The highest BCUT2D eigenvalue weighted by molar-refractivity contribution is 6.08.